The van der Waals surface area contributed by atoms with Crippen molar-refractivity contribution in [1.82, 2.24) is 30.2 Å². The van der Waals surface area contributed by atoms with E-state index in [1.807, 2.05) is 66.1 Å². The van der Waals surface area contributed by atoms with E-state index in [1.54, 1.807) is 12.1 Å². The van der Waals surface area contributed by atoms with Crippen LogP contribution in [0.5, 0.6) is 6.01 Å². The van der Waals surface area contributed by atoms with Gasteiger partial charge in [-0.1, -0.05) is 54.6 Å². The molecule has 0 radical (unpaired) electrons. The number of carbonyl (C=O) groups excluding carboxylic acids is 1. The fourth-order valence-corrected chi connectivity index (χ4v) is 4.65. The molecule has 0 aliphatic carbocycles. The third-order valence-electron chi connectivity index (χ3n) is 6.48. The van der Waals surface area contributed by atoms with Crippen molar-refractivity contribution in [3.05, 3.63) is 108 Å². The zero-order chi connectivity index (χ0) is 27.5. The summed E-state index contributed by atoms with van der Waals surface area (Å²) >= 11 is 0. The van der Waals surface area contributed by atoms with Crippen LogP contribution in [0.15, 0.2) is 91.0 Å². The number of carbonyl (C=O) groups is 1. The molecule has 0 saturated carbocycles. The number of aromatic nitrogens is 6. The van der Waals surface area contributed by atoms with Crippen LogP contribution in [0.4, 0.5) is 10.1 Å². The van der Waals surface area contributed by atoms with Gasteiger partial charge in [-0.2, -0.15) is 4.98 Å². The molecule has 10 heteroatoms. The van der Waals surface area contributed by atoms with Gasteiger partial charge in [-0.3, -0.25) is 9.36 Å². The topological polar surface area (TPSA) is 111 Å². The molecule has 0 unspecified atom stereocenters. The molecule has 198 valence electrons. The Morgan fingerprint density at radius 2 is 1.73 bits per heavy atom. The first kappa shape index (κ1) is 24.9. The van der Waals surface area contributed by atoms with Crippen molar-refractivity contribution in [3.8, 4) is 28.5 Å². The first-order valence-electron chi connectivity index (χ1n) is 12.7. The van der Waals surface area contributed by atoms with Crippen LogP contribution in [0.1, 0.15) is 22.8 Å². The number of nitrogens with zero attached hydrogens (tertiary/aromatic N) is 5. The highest BCUT2D eigenvalue weighted by molar-refractivity contribution is 6.11. The second-order valence-electron chi connectivity index (χ2n) is 9.04. The predicted octanol–water partition coefficient (Wildman–Crippen LogP) is 5.72. The third kappa shape index (κ3) is 4.90. The molecule has 4 aromatic carbocycles. The number of fused-ring (bicyclic) bond motifs is 1. The van der Waals surface area contributed by atoms with Crippen molar-refractivity contribution in [1.29, 1.82) is 0 Å². The van der Waals surface area contributed by atoms with Crippen molar-refractivity contribution in [2.75, 3.05) is 11.9 Å². The van der Waals surface area contributed by atoms with Crippen LogP contribution in [0.3, 0.4) is 0 Å². The quantitative estimate of drug-likeness (QED) is 0.259. The minimum Gasteiger partial charge on any atom is -0.465 e. The Kier molecular flexibility index (Phi) is 6.72. The number of nitrogens with one attached hydrogen (secondary N) is 2. The Labute approximate surface area is 228 Å². The van der Waals surface area contributed by atoms with Gasteiger partial charge in [-0.05, 0) is 70.4 Å². The van der Waals surface area contributed by atoms with Gasteiger partial charge in [0.25, 0.3) is 11.9 Å². The maximum Gasteiger partial charge on any atom is 0.297 e. The summed E-state index contributed by atoms with van der Waals surface area (Å²) in [5, 5.41) is 17.1. The third-order valence-corrected chi connectivity index (χ3v) is 6.48. The average Bonchev–Trinajstić information content (AvgIpc) is 3.64. The fraction of sp³-hybridized carbons (Fsp3) is 0.100. The number of hydrogen-bond acceptors (Lipinski definition) is 6. The summed E-state index contributed by atoms with van der Waals surface area (Å²) in [6, 6.07) is 27.5. The summed E-state index contributed by atoms with van der Waals surface area (Å²) < 4.78 is 21.1. The molecule has 2 N–H and O–H groups in total. The van der Waals surface area contributed by atoms with E-state index in [0.717, 1.165) is 22.3 Å². The largest absolute Gasteiger partial charge is 0.465 e. The van der Waals surface area contributed by atoms with Crippen LogP contribution in [-0.4, -0.2) is 42.7 Å². The molecule has 40 heavy (non-hydrogen) atoms. The van der Waals surface area contributed by atoms with E-state index in [4.69, 9.17) is 4.74 Å². The Bertz CT molecular complexity index is 1780. The molecule has 0 spiro atoms. The lowest BCUT2D eigenvalue weighted by Crippen LogP contribution is -2.14. The molecule has 9 nitrogen and oxygen atoms in total. The highest BCUT2D eigenvalue weighted by atomic mass is 19.1. The van der Waals surface area contributed by atoms with Crippen LogP contribution in [0.25, 0.3) is 33.5 Å². The van der Waals surface area contributed by atoms with Crippen LogP contribution in [0, 0.1) is 5.82 Å². The van der Waals surface area contributed by atoms with Gasteiger partial charge < -0.3 is 10.1 Å². The predicted molar refractivity (Wildman–Crippen MR) is 149 cm³/mol. The fourth-order valence-electron chi connectivity index (χ4n) is 4.65. The van der Waals surface area contributed by atoms with Gasteiger partial charge in [0.05, 0.1) is 29.7 Å². The molecule has 1 amide bonds. The number of hydrogen-bond donors (Lipinski definition) is 2. The van der Waals surface area contributed by atoms with E-state index >= 15 is 0 Å². The lowest BCUT2D eigenvalue weighted by Gasteiger charge is -2.13. The Morgan fingerprint density at radius 1 is 0.950 bits per heavy atom. The number of benzene rings is 4. The summed E-state index contributed by atoms with van der Waals surface area (Å²) in [4.78, 5) is 18.0. The number of halogens is 1. The van der Waals surface area contributed by atoms with Crippen LogP contribution in [-0.2, 0) is 6.54 Å². The smallest absolute Gasteiger partial charge is 0.297 e. The molecule has 0 aliphatic rings. The first-order valence-corrected chi connectivity index (χ1v) is 12.7. The Morgan fingerprint density at radius 3 is 2.45 bits per heavy atom. The van der Waals surface area contributed by atoms with Crippen molar-refractivity contribution in [3.63, 3.8) is 0 Å². The SMILES string of the molecule is CCOc1nc2cccc(C(=O)Nc3ccc(F)cc3)c2n1Cc1ccc(-c2ccccc2-c2nnn[nH]2)cc1. The molecule has 2 heterocycles. The minimum atomic E-state index is -0.371. The standard InChI is InChI=1S/C30H24FN7O2/c1-2-40-30-33-26-9-5-8-25(29(39)32-22-16-14-21(31)15-17-22)27(26)38(30)18-19-10-12-20(13-11-19)23-6-3-4-7-24(23)28-34-36-37-35-28/h3-17H,2,18H2,1H3,(H,32,39)(H,34,35,36,37). The van der Waals surface area contributed by atoms with Gasteiger partial charge in [0, 0.05) is 11.3 Å². The summed E-state index contributed by atoms with van der Waals surface area (Å²) in [6.45, 7) is 2.75. The number of H-pyrrole nitrogens is 1. The second-order valence-corrected chi connectivity index (χ2v) is 9.04. The number of ether oxygens (including phenoxy) is 1. The normalized spacial score (nSPS) is 11.1. The second kappa shape index (κ2) is 10.8. The van der Waals surface area contributed by atoms with Crippen molar-refractivity contribution >= 4 is 22.6 Å². The zero-order valence-corrected chi connectivity index (χ0v) is 21.5. The van der Waals surface area contributed by atoms with Gasteiger partial charge in [-0.15, -0.1) is 5.10 Å². The Balaban J connectivity index is 1.34. The molecule has 0 bridgehead atoms. The van der Waals surface area contributed by atoms with E-state index in [9.17, 15) is 9.18 Å². The van der Waals surface area contributed by atoms with Gasteiger partial charge in [0.1, 0.15) is 5.82 Å². The summed E-state index contributed by atoms with van der Waals surface area (Å²) in [5.41, 5.74) is 6.13. The zero-order valence-electron chi connectivity index (χ0n) is 21.5. The van der Waals surface area contributed by atoms with E-state index in [-0.39, 0.29) is 11.7 Å². The van der Waals surface area contributed by atoms with E-state index in [1.165, 1.54) is 24.3 Å². The Hall–Kier alpha value is -5.38. The number of para-hydroxylation sites is 1. The van der Waals surface area contributed by atoms with Crippen molar-refractivity contribution in [2.45, 2.75) is 13.5 Å². The molecule has 0 atom stereocenters. The lowest BCUT2D eigenvalue weighted by molar-refractivity contribution is 0.102. The molecule has 6 rings (SSSR count). The summed E-state index contributed by atoms with van der Waals surface area (Å²) in [7, 11) is 0. The van der Waals surface area contributed by atoms with Crippen LogP contribution >= 0.6 is 0 Å². The number of amides is 1. The van der Waals surface area contributed by atoms with Crippen LogP contribution in [0.2, 0.25) is 0 Å². The van der Waals surface area contributed by atoms with E-state index < -0.39 is 0 Å². The molecule has 2 aromatic heterocycles. The molecule has 0 fully saturated rings. The van der Waals surface area contributed by atoms with Gasteiger partial charge >= 0.3 is 0 Å². The van der Waals surface area contributed by atoms with E-state index in [2.05, 4.69) is 30.9 Å². The number of aromatic amines is 1. The van der Waals surface area contributed by atoms with Gasteiger partial charge in [0.15, 0.2) is 5.82 Å². The van der Waals surface area contributed by atoms with Gasteiger partial charge in [0.2, 0.25) is 0 Å². The lowest BCUT2D eigenvalue weighted by atomic mass is 9.98. The van der Waals surface area contributed by atoms with Crippen LogP contribution < -0.4 is 10.1 Å². The number of tetrazole rings is 1. The average molecular weight is 534 g/mol. The monoisotopic (exact) mass is 533 g/mol. The van der Waals surface area contributed by atoms with Crippen molar-refractivity contribution < 1.29 is 13.9 Å². The number of imidazole rings is 1. The maximum absolute atomic E-state index is 13.3. The van der Waals surface area contributed by atoms with E-state index in [0.29, 0.717) is 47.3 Å². The molecule has 0 saturated heterocycles. The number of anilines is 1. The summed E-state index contributed by atoms with van der Waals surface area (Å²) in [6.07, 6.45) is 0. The first-order chi connectivity index (χ1) is 19.6. The number of rotatable bonds is 8. The molecular formula is C30H24FN7O2. The van der Waals surface area contributed by atoms with Crippen molar-refractivity contribution in [2.24, 2.45) is 0 Å². The molecule has 6 aromatic rings. The minimum absolute atomic E-state index is 0.324. The molecular weight excluding hydrogens is 509 g/mol. The highest BCUT2D eigenvalue weighted by Gasteiger charge is 2.20. The highest BCUT2D eigenvalue weighted by Crippen LogP contribution is 2.31. The maximum atomic E-state index is 13.3. The summed E-state index contributed by atoms with van der Waals surface area (Å²) in [5.74, 6) is -0.100. The van der Waals surface area contributed by atoms with Gasteiger partial charge in [-0.25, -0.2) is 9.49 Å². The molecule has 0 aliphatic heterocycles.